The molecule has 0 radical (unpaired) electrons. The standard InChI is InChI=1S/C12H8ClF2N5S/c13-5-1-7(14)6(8(15)2-5)4-21-9-3-10(16)17-12-11(9)18-20-19-12/h1-3H,4H2,(H3,16,17,18,19,20). The van der Waals surface area contributed by atoms with E-state index in [2.05, 4.69) is 20.4 Å². The molecule has 108 valence electrons. The highest BCUT2D eigenvalue weighted by molar-refractivity contribution is 7.98. The largest absolute Gasteiger partial charge is 0.384 e. The van der Waals surface area contributed by atoms with Crippen LogP contribution in [0.3, 0.4) is 0 Å². The molecule has 21 heavy (non-hydrogen) atoms. The highest BCUT2D eigenvalue weighted by Gasteiger charge is 2.14. The summed E-state index contributed by atoms with van der Waals surface area (Å²) in [5.41, 5.74) is 6.54. The van der Waals surface area contributed by atoms with Gasteiger partial charge < -0.3 is 5.73 Å². The fraction of sp³-hybridized carbons (Fsp3) is 0.0833. The topological polar surface area (TPSA) is 80.5 Å². The van der Waals surface area contributed by atoms with Gasteiger partial charge in [0.1, 0.15) is 23.0 Å². The van der Waals surface area contributed by atoms with Crippen LogP contribution in [0.2, 0.25) is 5.02 Å². The maximum atomic E-state index is 13.7. The van der Waals surface area contributed by atoms with Crippen LogP contribution in [0, 0.1) is 11.6 Å². The molecule has 2 aromatic heterocycles. The zero-order valence-corrected chi connectivity index (χ0v) is 12.0. The molecule has 2 heterocycles. The van der Waals surface area contributed by atoms with Crippen LogP contribution >= 0.6 is 23.4 Å². The monoisotopic (exact) mass is 327 g/mol. The molecule has 0 spiro atoms. The van der Waals surface area contributed by atoms with Crippen LogP contribution in [0.5, 0.6) is 0 Å². The number of rotatable bonds is 3. The molecule has 0 bridgehead atoms. The minimum absolute atomic E-state index is 0.0193. The fourth-order valence-electron chi connectivity index (χ4n) is 1.80. The van der Waals surface area contributed by atoms with Crippen molar-refractivity contribution in [3.05, 3.63) is 40.4 Å². The molecule has 3 N–H and O–H groups in total. The zero-order valence-electron chi connectivity index (χ0n) is 10.4. The van der Waals surface area contributed by atoms with Gasteiger partial charge in [-0.1, -0.05) is 16.8 Å². The highest BCUT2D eigenvalue weighted by Crippen LogP contribution is 2.31. The third-order valence-corrected chi connectivity index (χ3v) is 4.03. The van der Waals surface area contributed by atoms with Crippen molar-refractivity contribution in [2.45, 2.75) is 10.6 Å². The van der Waals surface area contributed by atoms with Crippen LogP contribution in [0.1, 0.15) is 5.56 Å². The number of H-pyrrole nitrogens is 1. The number of nitrogens with zero attached hydrogens (tertiary/aromatic N) is 3. The molecule has 9 heteroatoms. The average molecular weight is 328 g/mol. The first kappa shape index (κ1) is 14.0. The molecular weight excluding hydrogens is 320 g/mol. The van der Waals surface area contributed by atoms with Gasteiger partial charge in [-0.3, -0.25) is 0 Å². The second-order valence-electron chi connectivity index (χ2n) is 4.19. The molecule has 0 aliphatic rings. The van der Waals surface area contributed by atoms with Crippen LogP contribution in [0.4, 0.5) is 14.6 Å². The van der Waals surface area contributed by atoms with Crippen molar-refractivity contribution in [3.8, 4) is 0 Å². The summed E-state index contributed by atoms with van der Waals surface area (Å²) in [6, 6.07) is 3.74. The van der Waals surface area contributed by atoms with Crippen molar-refractivity contribution in [1.82, 2.24) is 20.4 Å². The molecule has 0 atom stereocenters. The Balaban J connectivity index is 1.92. The van der Waals surface area contributed by atoms with E-state index in [1.165, 1.54) is 11.8 Å². The van der Waals surface area contributed by atoms with Gasteiger partial charge in [-0.2, -0.15) is 0 Å². The van der Waals surface area contributed by atoms with Gasteiger partial charge in [0, 0.05) is 21.2 Å². The summed E-state index contributed by atoms with van der Waals surface area (Å²) in [6.07, 6.45) is 0. The predicted molar refractivity (Wildman–Crippen MR) is 77.0 cm³/mol. The number of hydrogen-bond donors (Lipinski definition) is 2. The van der Waals surface area contributed by atoms with Crippen molar-refractivity contribution < 1.29 is 8.78 Å². The van der Waals surface area contributed by atoms with Gasteiger partial charge in [-0.25, -0.2) is 18.9 Å². The minimum atomic E-state index is -0.689. The normalized spacial score (nSPS) is 11.2. The lowest BCUT2D eigenvalue weighted by Crippen LogP contribution is -1.95. The number of pyridine rings is 1. The number of fused-ring (bicyclic) bond motifs is 1. The van der Waals surface area contributed by atoms with Gasteiger partial charge in [-0.05, 0) is 18.2 Å². The first-order chi connectivity index (χ1) is 10.0. The van der Waals surface area contributed by atoms with Crippen LogP contribution in [0.15, 0.2) is 23.1 Å². The number of nitrogens with two attached hydrogens (primary N) is 1. The minimum Gasteiger partial charge on any atom is -0.384 e. The van der Waals surface area contributed by atoms with E-state index < -0.39 is 11.6 Å². The average Bonchev–Trinajstić information content (AvgIpc) is 2.85. The van der Waals surface area contributed by atoms with Crippen LogP contribution in [0.25, 0.3) is 11.2 Å². The fourth-order valence-corrected chi connectivity index (χ4v) is 3.05. The SMILES string of the molecule is Nc1cc(SCc2c(F)cc(Cl)cc2F)c2nn[nH]c2n1. The van der Waals surface area contributed by atoms with Crippen LogP contribution in [-0.2, 0) is 5.75 Å². The Morgan fingerprint density at radius 3 is 2.67 bits per heavy atom. The van der Waals surface area contributed by atoms with Crippen molar-refractivity contribution in [3.63, 3.8) is 0 Å². The lowest BCUT2D eigenvalue weighted by atomic mass is 10.2. The second kappa shape index (κ2) is 5.45. The molecule has 3 aromatic rings. The summed E-state index contributed by atoms with van der Waals surface area (Å²) >= 11 is 6.78. The van der Waals surface area contributed by atoms with Gasteiger partial charge in [0.2, 0.25) is 0 Å². The zero-order chi connectivity index (χ0) is 15.0. The van der Waals surface area contributed by atoms with Crippen molar-refractivity contribution in [2.24, 2.45) is 0 Å². The maximum Gasteiger partial charge on any atom is 0.179 e. The molecular formula is C12H8ClF2N5S. The predicted octanol–water partition coefficient (Wildman–Crippen LogP) is 3.16. The van der Waals surface area contributed by atoms with Crippen molar-refractivity contribution in [1.29, 1.82) is 0 Å². The number of halogens is 3. The van der Waals surface area contributed by atoms with Crippen LogP contribution < -0.4 is 5.73 Å². The lowest BCUT2D eigenvalue weighted by molar-refractivity contribution is 0.566. The van der Waals surface area contributed by atoms with E-state index in [4.69, 9.17) is 17.3 Å². The maximum absolute atomic E-state index is 13.7. The van der Waals surface area contributed by atoms with E-state index in [-0.39, 0.29) is 22.2 Å². The number of anilines is 1. The van der Waals surface area contributed by atoms with Crippen LogP contribution in [-0.4, -0.2) is 20.4 Å². The number of hydrogen-bond acceptors (Lipinski definition) is 5. The van der Waals surface area contributed by atoms with E-state index in [0.717, 1.165) is 12.1 Å². The number of nitrogens with one attached hydrogen (secondary N) is 1. The number of benzene rings is 1. The number of thioether (sulfide) groups is 1. The number of aromatic amines is 1. The molecule has 3 rings (SSSR count). The quantitative estimate of drug-likeness (QED) is 0.722. The van der Waals surface area contributed by atoms with Crippen molar-refractivity contribution >= 4 is 40.3 Å². The summed E-state index contributed by atoms with van der Waals surface area (Å²) in [5.74, 6) is -1.04. The molecule has 0 fully saturated rings. The third kappa shape index (κ3) is 2.77. The molecule has 1 aromatic carbocycles. The van der Waals surface area contributed by atoms with Gasteiger partial charge in [-0.15, -0.1) is 16.9 Å². The molecule has 5 nitrogen and oxygen atoms in total. The van der Waals surface area contributed by atoms with E-state index in [9.17, 15) is 8.78 Å². The van der Waals surface area contributed by atoms with Gasteiger partial charge in [0.25, 0.3) is 0 Å². The summed E-state index contributed by atoms with van der Waals surface area (Å²) in [5, 5.41) is 10.1. The molecule has 0 aliphatic carbocycles. The summed E-state index contributed by atoms with van der Waals surface area (Å²) in [7, 11) is 0. The smallest absolute Gasteiger partial charge is 0.179 e. The summed E-state index contributed by atoms with van der Waals surface area (Å²) in [6.45, 7) is 0. The Labute approximate surface area is 126 Å². The van der Waals surface area contributed by atoms with Gasteiger partial charge in [0.05, 0.1) is 0 Å². The Bertz CT molecular complexity index is 800. The highest BCUT2D eigenvalue weighted by atomic mass is 35.5. The molecule has 0 unspecified atom stereocenters. The first-order valence-corrected chi connectivity index (χ1v) is 7.14. The Kier molecular flexibility index (Phi) is 3.64. The summed E-state index contributed by atoms with van der Waals surface area (Å²) in [4.78, 5) is 4.66. The second-order valence-corrected chi connectivity index (χ2v) is 5.64. The summed E-state index contributed by atoms with van der Waals surface area (Å²) < 4.78 is 27.5. The van der Waals surface area contributed by atoms with Gasteiger partial charge in [0.15, 0.2) is 5.65 Å². The lowest BCUT2D eigenvalue weighted by Gasteiger charge is -2.06. The number of aromatic nitrogens is 4. The Morgan fingerprint density at radius 2 is 1.95 bits per heavy atom. The molecule has 0 saturated heterocycles. The molecule has 0 aliphatic heterocycles. The number of nitrogen functional groups attached to an aromatic ring is 1. The third-order valence-electron chi connectivity index (χ3n) is 2.76. The molecule has 0 saturated carbocycles. The molecule has 0 amide bonds. The van der Waals surface area contributed by atoms with Gasteiger partial charge >= 0.3 is 0 Å². The first-order valence-electron chi connectivity index (χ1n) is 5.78. The van der Waals surface area contributed by atoms with Crippen molar-refractivity contribution in [2.75, 3.05) is 5.73 Å². The Hall–Kier alpha value is -1.93. The van der Waals surface area contributed by atoms with E-state index in [0.29, 0.717) is 16.1 Å². The van der Waals surface area contributed by atoms with E-state index >= 15 is 0 Å². The van der Waals surface area contributed by atoms with E-state index in [1.54, 1.807) is 6.07 Å². The Morgan fingerprint density at radius 1 is 1.24 bits per heavy atom. The van der Waals surface area contributed by atoms with E-state index in [1.807, 2.05) is 0 Å².